The first-order valence-corrected chi connectivity index (χ1v) is 5.78. The SMILES string of the molecule is CCCc1cccc(-c2ccc(F)cc2O)c1. The fourth-order valence-electron chi connectivity index (χ4n) is 1.93. The van der Waals surface area contributed by atoms with Gasteiger partial charge in [0.1, 0.15) is 11.6 Å². The van der Waals surface area contributed by atoms with E-state index in [1.807, 2.05) is 18.2 Å². The minimum absolute atomic E-state index is 0.0151. The van der Waals surface area contributed by atoms with Crippen LogP contribution in [0.3, 0.4) is 0 Å². The molecule has 0 aliphatic rings. The molecular weight excluding hydrogens is 215 g/mol. The highest BCUT2D eigenvalue weighted by Crippen LogP contribution is 2.30. The zero-order valence-electron chi connectivity index (χ0n) is 9.78. The molecule has 17 heavy (non-hydrogen) atoms. The van der Waals surface area contributed by atoms with Crippen LogP contribution in [0.2, 0.25) is 0 Å². The fraction of sp³-hybridized carbons (Fsp3) is 0.200. The number of benzene rings is 2. The standard InChI is InChI=1S/C15H15FO/c1-2-4-11-5-3-6-12(9-11)14-8-7-13(16)10-15(14)17/h3,5-10,17H,2,4H2,1H3. The molecule has 0 aromatic heterocycles. The van der Waals surface area contributed by atoms with E-state index >= 15 is 0 Å². The molecule has 1 N–H and O–H groups in total. The number of aromatic hydroxyl groups is 1. The van der Waals surface area contributed by atoms with Gasteiger partial charge >= 0.3 is 0 Å². The van der Waals surface area contributed by atoms with E-state index in [-0.39, 0.29) is 5.75 Å². The van der Waals surface area contributed by atoms with E-state index in [1.165, 1.54) is 11.6 Å². The van der Waals surface area contributed by atoms with E-state index in [1.54, 1.807) is 6.07 Å². The van der Waals surface area contributed by atoms with Gasteiger partial charge in [-0.15, -0.1) is 0 Å². The maximum Gasteiger partial charge on any atom is 0.126 e. The van der Waals surface area contributed by atoms with Crippen LogP contribution in [0.15, 0.2) is 42.5 Å². The van der Waals surface area contributed by atoms with Crippen molar-refractivity contribution in [3.05, 3.63) is 53.8 Å². The summed E-state index contributed by atoms with van der Waals surface area (Å²) in [6.07, 6.45) is 2.09. The van der Waals surface area contributed by atoms with Gasteiger partial charge in [0.2, 0.25) is 0 Å². The summed E-state index contributed by atoms with van der Waals surface area (Å²) in [5, 5.41) is 9.73. The average molecular weight is 230 g/mol. The summed E-state index contributed by atoms with van der Waals surface area (Å²) in [5.41, 5.74) is 2.83. The van der Waals surface area contributed by atoms with Crippen molar-refractivity contribution < 1.29 is 9.50 Å². The summed E-state index contributed by atoms with van der Waals surface area (Å²) >= 11 is 0. The Morgan fingerprint density at radius 1 is 1.12 bits per heavy atom. The smallest absolute Gasteiger partial charge is 0.126 e. The van der Waals surface area contributed by atoms with Crippen LogP contribution < -0.4 is 0 Å². The number of rotatable bonds is 3. The Labute approximate surface area is 101 Å². The molecule has 2 aromatic rings. The summed E-state index contributed by atoms with van der Waals surface area (Å²) in [6.45, 7) is 2.13. The van der Waals surface area contributed by atoms with Gasteiger partial charge in [0.15, 0.2) is 0 Å². The highest BCUT2D eigenvalue weighted by atomic mass is 19.1. The van der Waals surface area contributed by atoms with Crippen LogP contribution in [0.4, 0.5) is 4.39 Å². The highest BCUT2D eigenvalue weighted by molar-refractivity contribution is 5.70. The Bertz CT molecular complexity index is 520. The van der Waals surface area contributed by atoms with Crippen molar-refractivity contribution >= 4 is 0 Å². The van der Waals surface area contributed by atoms with Gasteiger partial charge in [0.25, 0.3) is 0 Å². The minimum atomic E-state index is -0.420. The third kappa shape index (κ3) is 2.64. The Balaban J connectivity index is 2.42. The molecule has 0 spiro atoms. The van der Waals surface area contributed by atoms with Crippen LogP contribution in [0.25, 0.3) is 11.1 Å². The van der Waals surface area contributed by atoms with Gasteiger partial charge < -0.3 is 5.11 Å². The molecule has 0 amide bonds. The molecule has 2 heteroatoms. The molecule has 1 nitrogen and oxygen atoms in total. The Morgan fingerprint density at radius 3 is 2.65 bits per heavy atom. The number of phenolic OH excluding ortho intramolecular Hbond substituents is 1. The van der Waals surface area contributed by atoms with Crippen LogP contribution in [0.1, 0.15) is 18.9 Å². The summed E-state index contributed by atoms with van der Waals surface area (Å²) < 4.78 is 12.9. The van der Waals surface area contributed by atoms with E-state index in [0.717, 1.165) is 24.5 Å². The topological polar surface area (TPSA) is 20.2 Å². The van der Waals surface area contributed by atoms with Gasteiger partial charge in [-0.1, -0.05) is 37.6 Å². The van der Waals surface area contributed by atoms with Crippen molar-refractivity contribution in [1.82, 2.24) is 0 Å². The lowest BCUT2D eigenvalue weighted by Gasteiger charge is -2.07. The van der Waals surface area contributed by atoms with Crippen molar-refractivity contribution in [3.8, 4) is 16.9 Å². The summed E-state index contributed by atoms with van der Waals surface area (Å²) in [4.78, 5) is 0. The Morgan fingerprint density at radius 2 is 1.94 bits per heavy atom. The molecular formula is C15H15FO. The van der Waals surface area contributed by atoms with Crippen molar-refractivity contribution in [2.75, 3.05) is 0 Å². The molecule has 0 unspecified atom stereocenters. The second-order valence-corrected chi connectivity index (χ2v) is 4.11. The van der Waals surface area contributed by atoms with Gasteiger partial charge in [0, 0.05) is 11.6 Å². The molecule has 0 atom stereocenters. The first-order chi connectivity index (χ1) is 8.20. The van der Waals surface area contributed by atoms with Gasteiger partial charge in [-0.3, -0.25) is 0 Å². The summed E-state index contributed by atoms with van der Waals surface area (Å²) in [5.74, 6) is -0.436. The number of halogens is 1. The number of phenols is 1. The van der Waals surface area contributed by atoms with E-state index in [0.29, 0.717) is 5.56 Å². The minimum Gasteiger partial charge on any atom is -0.507 e. The van der Waals surface area contributed by atoms with Gasteiger partial charge in [-0.2, -0.15) is 0 Å². The Hall–Kier alpha value is -1.83. The molecule has 0 bridgehead atoms. The normalized spacial score (nSPS) is 10.5. The summed E-state index contributed by atoms with van der Waals surface area (Å²) in [6, 6.07) is 12.1. The second-order valence-electron chi connectivity index (χ2n) is 4.11. The lowest BCUT2D eigenvalue weighted by atomic mass is 10.0. The molecule has 0 radical (unpaired) electrons. The van der Waals surface area contributed by atoms with Crippen molar-refractivity contribution in [2.24, 2.45) is 0 Å². The Kier molecular flexibility index (Phi) is 3.43. The first-order valence-electron chi connectivity index (χ1n) is 5.78. The average Bonchev–Trinajstić information content (AvgIpc) is 2.29. The maximum absolute atomic E-state index is 12.9. The van der Waals surface area contributed by atoms with Gasteiger partial charge in [-0.05, 0) is 29.7 Å². The third-order valence-corrected chi connectivity index (χ3v) is 2.74. The predicted molar refractivity (Wildman–Crippen MR) is 67.5 cm³/mol. The van der Waals surface area contributed by atoms with Crippen LogP contribution >= 0.6 is 0 Å². The molecule has 0 aliphatic carbocycles. The van der Waals surface area contributed by atoms with Gasteiger partial charge in [-0.25, -0.2) is 4.39 Å². The molecule has 2 aromatic carbocycles. The van der Waals surface area contributed by atoms with E-state index in [9.17, 15) is 9.50 Å². The van der Waals surface area contributed by atoms with Crippen LogP contribution in [-0.2, 0) is 6.42 Å². The number of hydrogen-bond donors (Lipinski definition) is 1. The lowest BCUT2D eigenvalue weighted by molar-refractivity contribution is 0.471. The van der Waals surface area contributed by atoms with Crippen molar-refractivity contribution in [3.63, 3.8) is 0 Å². The lowest BCUT2D eigenvalue weighted by Crippen LogP contribution is -1.86. The number of hydrogen-bond acceptors (Lipinski definition) is 1. The molecule has 88 valence electrons. The quantitative estimate of drug-likeness (QED) is 0.839. The third-order valence-electron chi connectivity index (χ3n) is 2.74. The summed E-state index contributed by atoms with van der Waals surface area (Å²) in [7, 11) is 0. The van der Waals surface area contributed by atoms with Crippen LogP contribution in [0.5, 0.6) is 5.75 Å². The molecule has 0 aliphatic heterocycles. The van der Waals surface area contributed by atoms with Crippen LogP contribution in [0, 0.1) is 5.82 Å². The highest BCUT2D eigenvalue weighted by Gasteiger charge is 2.05. The fourth-order valence-corrected chi connectivity index (χ4v) is 1.93. The van der Waals surface area contributed by atoms with Gasteiger partial charge in [0.05, 0.1) is 0 Å². The van der Waals surface area contributed by atoms with E-state index in [2.05, 4.69) is 13.0 Å². The van der Waals surface area contributed by atoms with Crippen molar-refractivity contribution in [1.29, 1.82) is 0 Å². The molecule has 0 fully saturated rings. The van der Waals surface area contributed by atoms with E-state index < -0.39 is 5.82 Å². The first kappa shape index (κ1) is 11.6. The largest absolute Gasteiger partial charge is 0.507 e. The van der Waals surface area contributed by atoms with Crippen molar-refractivity contribution in [2.45, 2.75) is 19.8 Å². The monoisotopic (exact) mass is 230 g/mol. The molecule has 0 saturated heterocycles. The van der Waals surface area contributed by atoms with E-state index in [4.69, 9.17) is 0 Å². The number of aryl methyl sites for hydroxylation is 1. The predicted octanol–water partition coefficient (Wildman–Crippen LogP) is 4.15. The van der Waals surface area contributed by atoms with Crippen LogP contribution in [-0.4, -0.2) is 5.11 Å². The molecule has 2 rings (SSSR count). The zero-order chi connectivity index (χ0) is 12.3. The maximum atomic E-state index is 12.9. The molecule has 0 saturated carbocycles. The molecule has 0 heterocycles. The zero-order valence-corrected chi connectivity index (χ0v) is 9.78. The second kappa shape index (κ2) is 5.00.